The quantitative estimate of drug-likeness (QED) is 0.248. The summed E-state index contributed by atoms with van der Waals surface area (Å²) in [6, 6.07) is 11.1. The Morgan fingerprint density at radius 3 is 2.47 bits per heavy atom. The molecule has 2 aliphatic carbocycles. The van der Waals surface area contributed by atoms with Crippen molar-refractivity contribution in [1.82, 2.24) is 19.9 Å². The molecule has 0 atom stereocenters. The molecule has 11 heteroatoms. The van der Waals surface area contributed by atoms with E-state index in [1.807, 2.05) is 12.1 Å². The average Bonchev–Trinajstić information content (AvgIpc) is 3.77. The number of rotatable bonds is 10. The molecule has 0 spiro atoms. The van der Waals surface area contributed by atoms with E-state index in [1.54, 1.807) is 25.4 Å². The lowest BCUT2D eigenvalue weighted by Gasteiger charge is -2.36. The van der Waals surface area contributed by atoms with Crippen molar-refractivity contribution < 1.29 is 18.7 Å². The van der Waals surface area contributed by atoms with E-state index < -0.39 is 0 Å². The molecule has 47 heavy (non-hydrogen) atoms. The van der Waals surface area contributed by atoms with E-state index in [-0.39, 0.29) is 30.0 Å². The highest BCUT2D eigenvalue weighted by atomic mass is 19.1. The number of fused-ring (bicyclic) bond motifs is 2. The summed E-state index contributed by atoms with van der Waals surface area (Å²) < 4.78 is 26.4. The number of pyridine rings is 1. The number of ether oxygens (including phenoxy) is 2. The van der Waals surface area contributed by atoms with Gasteiger partial charge in [-0.15, -0.1) is 0 Å². The van der Waals surface area contributed by atoms with Crippen LogP contribution in [0, 0.1) is 5.82 Å². The van der Waals surface area contributed by atoms with Gasteiger partial charge in [-0.1, -0.05) is 12.1 Å². The number of nitrogens with zero attached hydrogens (tertiary/aromatic N) is 5. The van der Waals surface area contributed by atoms with Crippen LogP contribution in [0.5, 0.6) is 11.8 Å². The number of methoxy groups -OCH3 is 1. The van der Waals surface area contributed by atoms with Crippen LogP contribution < -0.4 is 25.4 Å². The van der Waals surface area contributed by atoms with Gasteiger partial charge in [-0.25, -0.2) is 19.3 Å². The number of nitrogen functional groups attached to an aromatic ring is 1. The fraction of sp³-hybridized carbons (Fsp3) is 0.389. The van der Waals surface area contributed by atoms with Crippen LogP contribution in [0.1, 0.15) is 47.1 Å². The van der Waals surface area contributed by atoms with Gasteiger partial charge in [0.1, 0.15) is 12.4 Å². The lowest BCUT2D eigenvalue weighted by molar-refractivity contribution is -0.116. The number of aryl methyl sites for hydroxylation is 2. The van der Waals surface area contributed by atoms with E-state index in [0.717, 1.165) is 50.0 Å². The third-order valence-corrected chi connectivity index (χ3v) is 9.50. The zero-order valence-electron chi connectivity index (χ0n) is 26.7. The summed E-state index contributed by atoms with van der Waals surface area (Å²) in [4.78, 5) is 30.2. The molecule has 7 rings (SSSR count). The summed E-state index contributed by atoms with van der Waals surface area (Å²) in [5.41, 5.74) is 15.1. The Kier molecular flexibility index (Phi) is 8.88. The van der Waals surface area contributed by atoms with Gasteiger partial charge in [0.05, 0.1) is 24.7 Å². The number of carbonyl (C=O) groups excluding carboxylic acids is 1. The van der Waals surface area contributed by atoms with Gasteiger partial charge >= 0.3 is 0 Å². The fourth-order valence-electron chi connectivity index (χ4n) is 6.99. The summed E-state index contributed by atoms with van der Waals surface area (Å²) in [7, 11) is 1.55. The van der Waals surface area contributed by atoms with Crippen LogP contribution >= 0.6 is 0 Å². The number of hydrogen-bond acceptors (Lipinski definition) is 9. The van der Waals surface area contributed by atoms with Crippen molar-refractivity contribution in [2.45, 2.75) is 51.6 Å². The highest BCUT2D eigenvalue weighted by Gasteiger charge is 2.26. The maximum absolute atomic E-state index is 15.5. The van der Waals surface area contributed by atoms with Crippen molar-refractivity contribution >= 4 is 23.1 Å². The monoisotopic (exact) mass is 637 g/mol. The number of carbonyl (C=O) groups is 1. The van der Waals surface area contributed by atoms with Crippen LogP contribution in [0.25, 0.3) is 11.3 Å². The first-order valence-corrected chi connectivity index (χ1v) is 16.4. The lowest BCUT2D eigenvalue weighted by Crippen LogP contribution is -2.47. The Morgan fingerprint density at radius 2 is 1.74 bits per heavy atom. The lowest BCUT2D eigenvalue weighted by atomic mass is 9.98. The smallest absolute Gasteiger partial charge is 0.258 e. The largest absolute Gasteiger partial charge is 0.481 e. The van der Waals surface area contributed by atoms with Crippen LogP contribution in [0.15, 0.2) is 48.8 Å². The van der Waals surface area contributed by atoms with E-state index in [9.17, 15) is 4.79 Å². The molecular formula is C36H40FN7O3. The molecule has 244 valence electrons. The second kappa shape index (κ2) is 13.5. The Bertz CT molecular complexity index is 1760. The first-order chi connectivity index (χ1) is 22.9. The van der Waals surface area contributed by atoms with Gasteiger partial charge in [-0.05, 0) is 84.5 Å². The number of hydrogen-bond donors (Lipinski definition) is 2. The number of aromatic nitrogens is 3. The van der Waals surface area contributed by atoms with Crippen molar-refractivity contribution in [1.29, 1.82) is 0 Å². The first kappa shape index (κ1) is 30.9. The van der Waals surface area contributed by atoms with E-state index >= 15 is 4.39 Å². The van der Waals surface area contributed by atoms with E-state index in [1.165, 1.54) is 47.4 Å². The predicted octanol–water partition coefficient (Wildman–Crippen LogP) is 4.98. The van der Waals surface area contributed by atoms with Crippen molar-refractivity contribution in [2.24, 2.45) is 0 Å². The van der Waals surface area contributed by atoms with Crippen LogP contribution in [0.2, 0.25) is 0 Å². The number of nitrogens with one attached hydrogen (secondary N) is 1. The summed E-state index contributed by atoms with van der Waals surface area (Å²) in [5.74, 6) is 0.550. The van der Waals surface area contributed by atoms with Gasteiger partial charge in [0.25, 0.3) is 5.88 Å². The molecule has 0 unspecified atom stereocenters. The second-order valence-electron chi connectivity index (χ2n) is 12.5. The van der Waals surface area contributed by atoms with Crippen LogP contribution in [0.4, 0.5) is 21.6 Å². The number of halogens is 1. The Balaban J connectivity index is 0.930. The minimum atomic E-state index is -0.330. The first-order valence-electron chi connectivity index (χ1n) is 16.4. The number of nitrogens with two attached hydrogens (primary N) is 1. The summed E-state index contributed by atoms with van der Waals surface area (Å²) in [5, 5.41) is 3.31. The normalized spacial score (nSPS) is 15.7. The third-order valence-electron chi connectivity index (χ3n) is 9.50. The van der Waals surface area contributed by atoms with Gasteiger partial charge in [-0.2, -0.15) is 0 Å². The molecule has 10 nitrogen and oxygen atoms in total. The molecule has 0 radical (unpaired) electrons. The Hall–Kier alpha value is -4.77. The molecule has 1 saturated heterocycles. The number of anilines is 3. The van der Waals surface area contributed by atoms with Crippen LogP contribution in [-0.4, -0.2) is 65.6 Å². The minimum absolute atomic E-state index is 0.0837. The summed E-state index contributed by atoms with van der Waals surface area (Å²) in [6.45, 7) is 3.76. The third kappa shape index (κ3) is 6.71. The Morgan fingerprint density at radius 1 is 0.979 bits per heavy atom. The van der Waals surface area contributed by atoms with E-state index in [0.29, 0.717) is 48.9 Å². The van der Waals surface area contributed by atoms with Gasteiger partial charge in [-0.3, -0.25) is 9.69 Å². The number of amides is 1. The molecule has 1 aliphatic heterocycles. The zero-order valence-corrected chi connectivity index (χ0v) is 26.7. The zero-order chi connectivity index (χ0) is 32.3. The maximum atomic E-state index is 15.5. The van der Waals surface area contributed by atoms with Crippen molar-refractivity contribution in [3.8, 4) is 23.0 Å². The predicted molar refractivity (Wildman–Crippen MR) is 179 cm³/mol. The minimum Gasteiger partial charge on any atom is -0.481 e. The second-order valence-corrected chi connectivity index (χ2v) is 12.5. The number of piperazine rings is 1. The van der Waals surface area contributed by atoms with Gasteiger partial charge in [0, 0.05) is 62.7 Å². The maximum Gasteiger partial charge on any atom is 0.258 e. The SMILES string of the molecule is COc1cc(COc2nc(-c3ccc(N4CCN(CCC(=O)Nc5c6c(cc7c5CCC7)CCC6)CC4)c(F)c3)cnc2N)ccn1. The standard InChI is InChI=1S/C36H40FN7O3/c1-46-33-18-23(10-12-39-33)22-47-36-35(38)40-21-30(41-36)26-8-9-31(29(37)20-26)44-16-14-43(15-17-44)13-11-32(45)42-34-27-6-2-4-24(27)19-25-5-3-7-28(25)34/h8-10,12,18-21H,2-7,11,13-17,22H2,1H3,(H2,38,40)(H,42,45). The molecule has 2 aromatic carbocycles. The molecule has 1 amide bonds. The average molecular weight is 638 g/mol. The summed E-state index contributed by atoms with van der Waals surface area (Å²) in [6.07, 6.45) is 10.3. The highest BCUT2D eigenvalue weighted by molar-refractivity contribution is 5.93. The molecular weight excluding hydrogens is 597 g/mol. The molecule has 4 aromatic rings. The molecule has 1 fully saturated rings. The van der Waals surface area contributed by atoms with Gasteiger partial charge < -0.3 is 25.4 Å². The van der Waals surface area contributed by atoms with Crippen LogP contribution in [-0.2, 0) is 37.1 Å². The number of benzene rings is 2. The van der Waals surface area contributed by atoms with Gasteiger partial charge in [0.2, 0.25) is 11.8 Å². The molecule has 3 N–H and O–H groups in total. The molecule has 2 aromatic heterocycles. The topological polar surface area (TPSA) is 119 Å². The van der Waals surface area contributed by atoms with E-state index in [4.69, 9.17) is 15.2 Å². The fourth-order valence-corrected chi connectivity index (χ4v) is 6.99. The molecule has 0 bridgehead atoms. The van der Waals surface area contributed by atoms with Crippen molar-refractivity contribution in [3.63, 3.8) is 0 Å². The Labute approximate surface area is 274 Å². The van der Waals surface area contributed by atoms with Crippen LogP contribution in [0.3, 0.4) is 0 Å². The summed E-state index contributed by atoms with van der Waals surface area (Å²) >= 11 is 0. The van der Waals surface area contributed by atoms with Crippen molar-refractivity contribution in [3.05, 3.63) is 82.4 Å². The molecule has 3 aliphatic rings. The van der Waals surface area contributed by atoms with Gasteiger partial charge in [0.15, 0.2) is 5.82 Å². The molecule has 0 saturated carbocycles. The van der Waals surface area contributed by atoms with Crippen molar-refractivity contribution in [2.75, 3.05) is 55.8 Å². The molecule has 3 heterocycles. The van der Waals surface area contributed by atoms with E-state index in [2.05, 4.69) is 36.1 Å². The highest BCUT2D eigenvalue weighted by Crippen LogP contribution is 2.38.